The van der Waals surface area contributed by atoms with Gasteiger partial charge in [0.2, 0.25) is 0 Å². The number of nitro groups is 1. The second kappa shape index (κ2) is 10.0. The Balaban J connectivity index is 1.80. The van der Waals surface area contributed by atoms with Gasteiger partial charge in [0.25, 0.3) is 5.91 Å². The summed E-state index contributed by atoms with van der Waals surface area (Å²) in [5, 5.41) is 16.1. The lowest BCUT2D eigenvalue weighted by atomic mass is 10.1. The van der Waals surface area contributed by atoms with Crippen LogP contribution in [0.2, 0.25) is 0 Å². The molecular weight excluding hydrogens is 461 g/mol. The van der Waals surface area contributed by atoms with Gasteiger partial charge < -0.3 is 15.0 Å². The molecule has 1 heterocycles. The van der Waals surface area contributed by atoms with E-state index in [-0.39, 0.29) is 28.7 Å². The molecule has 1 fully saturated rings. The number of amides is 1. The molecule has 2 aromatic carbocycles. The highest BCUT2D eigenvalue weighted by Crippen LogP contribution is 2.36. The fourth-order valence-electron chi connectivity index (χ4n) is 3.45. The molecule has 8 nitrogen and oxygen atoms in total. The second-order valence-corrected chi connectivity index (χ2v) is 7.61. The summed E-state index contributed by atoms with van der Waals surface area (Å²) in [5.74, 6) is -0.743. The smallest absolute Gasteiger partial charge is 0.416 e. The predicted octanol–water partition coefficient (Wildman–Crippen LogP) is 4.74. The summed E-state index contributed by atoms with van der Waals surface area (Å²) in [6, 6.07) is 6.98. The van der Waals surface area contributed by atoms with Crippen molar-refractivity contribution in [2.24, 2.45) is 0 Å². The third-order valence-corrected chi connectivity index (χ3v) is 5.17. The third-order valence-electron chi connectivity index (χ3n) is 4.96. The van der Waals surface area contributed by atoms with E-state index in [1.807, 2.05) is 4.90 Å². The monoisotopic (exact) mass is 482 g/mol. The van der Waals surface area contributed by atoms with Gasteiger partial charge in [-0.25, -0.2) is 0 Å². The van der Waals surface area contributed by atoms with Crippen LogP contribution in [0.5, 0.6) is 5.75 Å². The molecule has 0 saturated carbocycles. The lowest BCUT2D eigenvalue weighted by Gasteiger charge is -2.23. The van der Waals surface area contributed by atoms with Gasteiger partial charge >= 0.3 is 11.9 Å². The molecule has 33 heavy (non-hydrogen) atoms. The van der Waals surface area contributed by atoms with Crippen molar-refractivity contribution in [1.29, 1.82) is 0 Å². The normalized spacial score (nSPS) is 13.5. The Morgan fingerprint density at radius 1 is 1.21 bits per heavy atom. The van der Waals surface area contributed by atoms with Gasteiger partial charge in [-0.15, -0.1) is 0 Å². The molecule has 2 aromatic rings. The van der Waals surface area contributed by atoms with Crippen LogP contribution in [0, 0.1) is 10.1 Å². The number of alkyl halides is 3. The van der Waals surface area contributed by atoms with Gasteiger partial charge in [-0.1, -0.05) is 0 Å². The summed E-state index contributed by atoms with van der Waals surface area (Å²) in [4.78, 5) is 25.1. The number of anilines is 2. The fraction of sp³-hybridized carbons (Fsp3) is 0.333. The Bertz CT molecular complexity index is 1070. The minimum Gasteiger partial charge on any atom is -0.487 e. The van der Waals surface area contributed by atoms with Crippen molar-refractivity contribution in [2.45, 2.75) is 25.9 Å². The van der Waals surface area contributed by atoms with E-state index in [0.717, 1.165) is 31.0 Å². The molecule has 1 aliphatic rings. The summed E-state index contributed by atoms with van der Waals surface area (Å²) in [6.45, 7) is 3.25. The van der Waals surface area contributed by atoms with E-state index in [1.165, 1.54) is 18.2 Å². The summed E-state index contributed by atoms with van der Waals surface area (Å²) >= 11 is 5.13. The number of nitrogens with one attached hydrogen (secondary N) is 2. The average Bonchev–Trinajstić information content (AvgIpc) is 3.28. The zero-order valence-electron chi connectivity index (χ0n) is 17.6. The molecule has 0 bridgehead atoms. The highest BCUT2D eigenvalue weighted by atomic mass is 32.1. The predicted molar refractivity (Wildman–Crippen MR) is 121 cm³/mol. The van der Waals surface area contributed by atoms with E-state index in [2.05, 4.69) is 10.6 Å². The number of hydrogen-bond acceptors (Lipinski definition) is 6. The summed E-state index contributed by atoms with van der Waals surface area (Å²) in [5.41, 5.74) is -0.664. The van der Waals surface area contributed by atoms with E-state index < -0.39 is 28.3 Å². The quantitative estimate of drug-likeness (QED) is 0.349. The first-order chi connectivity index (χ1) is 15.6. The van der Waals surface area contributed by atoms with E-state index in [1.54, 1.807) is 6.92 Å². The maximum atomic E-state index is 13.2. The van der Waals surface area contributed by atoms with E-state index in [0.29, 0.717) is 18.8 Å². The van der Waals surface area contributed by atoms with Gasteiger partial charge in [-0.05, 0) is 62.3 Å². The molecule has 0 spiro atoms. The zero-order valence-corrected chi connectivity index (χ0v) is 18.4. The number of carbonyl (C=O) groups excluding carboxylic acids is 1. The lowest BCUT2D eigenvalue weighted by Crippen LogP contribution is -2.34. The zero-order chi connectivity index (χ0) is 24.2. The number of hydrogen-bond donors (Lipinski definition) is 2. The number of rotatable bonds is 6. The first kappa shape index (κ1) is 24.2. The van der Waals surface area contributed by atoms with Gasteiger partial charge in [0.15, 0.2) is 10.9 Å². The van der Waals surface area contributed by atoms with Gasteiger partial charge in [-0.3, -0.25) is 20.2 Å². The van der Waals surface area contributed by atoms with Crippen LogP contribution >= 0.6 is 12.2 Å². The third kappa shape index (κ3) is 5.89. The number of carbonyl (C=O) groups is 1. The Kier molecular flexibility index (Phi) is 7.36. The Labute approximate surface area is 192 Å². The molecule has 1 amide bonds. The number of nitrogens with zero attached hydrogens (tertiary/aromatic N) is 2. The number of benzene rings is 2. The Morgan fingerprint density at radius 3 is 2.52 bits per heavy atom. The molecule has 0 unspecified atom stereocenters. The van der Waals surface area contributed by atoms with Gasteiger partial charge in [0.05, 0.1) is 28.5 Å². The molecule has 1 saturated heterocycles. The first-order valence-electron chi connectivity index (χ1n) is 10.1. The maximum Gasteiger partial charge on any atom is 0.416 e. The van der Waals surface area contributed by atoms with Crippen LogP contribution < -0.4 is 20.3 Å². The van der Waals surface area contributed by atoms with Crippen LogP contribution in [-0.2, 0) is 6.18 Å². The standard InChI is InChI=1S/C21H21F3N4O4S/c1-2-32-18-8-5-13(11-17(18)28(30)31)19(29)26-20(33)25-15-12-14(21(22,23)24)6-7-16(15)27-9-3-4-10-27/h5-8,11-12H,2-4,9-10H2,1H3,(H2,25,26,29,33). The Hall–Kier alpha value is -3.41. The van der Waals surface area contributed by atoms with Gasteiger partial charge in [-0.2, -0.15) is 13.2 Å². The number of ether oxygens (including phenoxy) is 1. The van der Waals surface area contributed by atoms with E-state index in [4.69, 9.17) is 17.0 Å². The minimum absolute atomic E-state index is 0.0129. The summed E-state index contributed by atoms with van der Waals surface area (Å²) in [7, 11) is 0. The van der Waals surface area contributed by atoms with Crippen LogP contribution in [0.4, 0.5) is 30.2 Å². The van der Waals surface area contributed by atoms with Crippen LogP contribution in [0.3, 0.4) is 0 Å². The largest absolute Gasteiger partial charge is 0.487 e. The van der Waals surface area contributed by atoms with Crippen molar-refractivity contribution in [3.8, 4) is 5.75 Å². The van der Waals surface area contributed by atoms with Crippen LogP contribution in [-0.4, -0.2) is 35.6 Å². The van der Waals surface area contributed by atoms with Crippen molar-refractivity contribution in [1.82, 2.24) is 5.32 Å². The van der Waals surface area contributed by atoms with E-state index >= 15 is 0 Å². The van der Waals surface area contributed by atoms with Crippen molar-refractivity contribution in [3.05, 3.63) is 57.6 Å². The molecule has 176 valence electrons. The lowest BCUT2D eigenvalue weighted by molar-refractivity contribution is -0.385. The minimum atomic E-state index is -4.55. The molecule has 2 N–H and O–H groups in total. The molecule has 0 radical (unpaired) electrons. The fourth-order valence-corrected chi connectivity index (χ4v) is 3.66. The van der Waals surface area contributed by atoms with Crippen LogP contribution in [0.15, 0.2) is 36.4 Å². The number of halogens is 3. The average molecular weight is 482 g/mol. The van der Waals surface area contributed by atoms with Crippen molar-refractivity contribution in [2.75, 3.05) is 29.9 Å². The molecule has 0 aromatic heterocycles. The van der Waals surface area contributed by atoms with Crippen molar-refractivity contribution in [3.63, 3.8) is 0 Å². The molecule has 3 rings (SSSR count). The van der Waals surface area contributed by atoms with E-state index in [9.17, 15) is 28.1 Å². The van der Waals surface area contributed by atoms with Gasteiger partial charge in [0, 0.05) is 24.7 Å². The highest BCUT2D eigenvalue weighted by Gasteiger charge is 2.32. The molecular formula is C21H21F3N4O4S. The topological polar surface area (TPSA) is 96.7 Å². The Morgan fingerprint density at radius 2 is 1.91 bits per heavy atom. The SMILES string of the molecule is CCOc1ccc(C(=O)NC(=S)Nc2cc(C(F)(F)F)ccc2N2CCCC2)cc1[N+](=O)[O-]. The highest BCUT2D eigenvalue weighted by molar-refractivity contribution is 7.80. The summed E-state index contributed by atoms with van der Waals surface area (Å²) in [6.07, 6.45) is -2.72. The molecule has 0 aliphatic carbocycles. The maximum absolute atomic E-state index is 13.2. The first-order valence-corrected chi connectivity index (χ1v) is 10.5. The van der Waals surface area contributed by atoms with Crippen LogP contribution in [0.25, 0.3) is 0 Å². The second-order valence-electron chi connectivity index (χ2n) is 7.20. The molecule has 1 aliphatic heterocycles. The van der Waals surface area contributed by atoms with Crippen molar-refractivity contribution >= 4 is 40.3 Å². The molecule has 0 atom stereocenters. The van der Waals surface area contributed by atoms with Crippen LogP contribution in [0.1, 0.15) is 35.7 Å². The number of nitro benzene ring substituents is 1. The van der Waals surface area contributed by atoms with Crippen molar-refractivity contribution < 1.29 is 27.6 Å². The van der Waals surface area contributed by atoms with Gasteiger partial charge in [0.1, 0.15) is 0 Å². The molecule has 12 heteroatoms. The number of thiocarbonyl (C=S) groups is 1. The summed E-state index contributed by atoms with van der Waals surface area (Å²) < 4.78 is 44.9.